The van der Waals surface area contributed by atoms with Crippen LogP contribution in [-0.2, 0) is 17.9 Å². The molecule has 0 radical (unpaired) electrons. The Morgan fingerprint density at radius 3 is 2.42 bits per heavy atom. The lowest BCUT2D eigenvalue weighted by atomic mass is 10.2. The Kier molecular flexibility index (Phi) is 7.96. The second-order valence-corrected chi connectivity index (χ2v) is 6.17. The minimum atomic E-state index is 0.0250. The molecule has 0 aliphatic heterocycles. The second-order valence-electron chi connectivity index (χ2n) is 5.76. The van der Waals surface area contributed by atoms with Crippen LogP contribution >= 0.6 is 11.6 Å². The smallest absolute Gasteiger partial charge is 0.242 e. The van der Waals surface area contributed by atoms with Gasteiger partial charge < -0.3 is 15.5 Å². The molecule has 0 fully saturated rings. The van der Waals surface area contributed by atoms with E-state index in [2.05, 4.69) is 15.6 Å². The van der Waals surface area contributed by atoms with Crippen molar-refractivity contribution in [3.05, 3.63) is 70.7 Å². The Hall–Kier alpha value is -2.53. The molecule has 0 atom stereocenters. The number of nitrogens with one attached hydrogen (secondary N) is 2. The summed E-state index contributed by atoms with van der Waals surface area (Å²) in [7, 11) is 1.67. The van der Waals surface area contributed by atoms with E-state index >= 15 is 0 Å². The summed E-state index contributed by atoms with van der Waals surface area (Å²) in [4.78, 5) is 18.5. The van der Waals surface area contributed by atoms with Crippen molar-refractivity contribution >= 4 is 23.5 Å². The van der Waals surface area contributed by atoms with Crippen molar-refractivity contribution in [3.63, 3.8) is 0 Å². The molecular formula is C20H25ClN4O. The zero-order chi connectivity index (χ0) is 18.8. The molecule has 0 aliphatic carbocycles. The maximum atomic E-state index is 12.5. The number of rotatable bonds is 7. The van der Waals surface area contributed by atoms with Crippen LogP contribution in [0.4, 0.5) is 0 Å². The molecule has 0 spiro atoms. The lowest BCUT2D eigenvalue weighted by Crippen LogP contribution is -2.44. The molecule has 2 aromatic rings. The van der Waals surface area contributed by atoms with Crippen molar-refractivity contribution in [2.75, 3.05) is 20.1 Å². The molecular weight excluding hydrogens is 348 g/mol. The first-order valence-electron chi connectivity index (χ1n) is 8.63. The molecule has 2 aromatic carbocycles. The summed E-state index contributed by atoms with van der Waals surface area (Å²) >= 11 is 6.15. The first-order valence-corrected chi connectivity index (χ1v) is 9.01. The van der Waals surface area contributed by atoms with Gasteiger partial charge in [-0.2, -0.15) is 0 Å². The van der Waals surface area contributed by atoms with Crippen LogP contribution < -0.4 is 10.6 Å². The topological polar surface area (TPSA) is 56.7 Å². The van der Waals surface area contributed by atoms with Gasteiger partial charge >= 0.3 is 0 Å². The highest BCUT2D eigenvalue weighted by molar-refractivity contribution is 6.31. The summed E-state index contributed by atoms with van der Waals surface area (Å²) in [6.45, 7) is 3.95. The standard InChI is InChI=1S/C20H25ClN4O/c1-3-25(15-16-9-5-4-6-10-16)19(26)14-24-20(22-2)23-13-17-11-7-8-12-18(17)21/h4-12H,3,13-15H2,1-2H3,(H2,22,23,24). The molecule has 0 aliphatic rings. The van der Waals surface area contributed by atoms with Crippen molar-refractivity contribution in [2.24, 2.45) is 4.99 Å². The van der Waals surface area contributed by atoms with Crippen LogP contribution in [0, 0.1) is 0 Å². The molecule has 0 saturated heterocycles. The van der Waals surface area contributed by atoms with E-state index in [0.29, 0.717) is 30.6 Å². The first kappa shape index (κ1) is 19.8. The van der Waals surface area contributed by atoms with Crippen LogP contribution in [0.25, 0.3) is 0 Å². The highest BCUT2D eigenvalue weighted by Gasteiger charge is 2.12. The third kappa shape index (κ3) is 6.08. The number of hydrogen-bond acceptors (Lipinski definition) is 2. The number of benzene rings is 2. The van der Waals surface area contributed by atoms with Crippen molar-refractivity contribution < 1.29 is 4.79 Å². The maximum Gasteiger partial charge on any atom is 0.242 e. The highest BCUT2D eigenvalue weighted by atomic mass is 35.5. The van der Waals surface area contributed by atoms with Crippen LogP contribution in [0.2, 0.25) is 5.02 Å². The second kappa shape index (κ2) is 10.5. The lowest BCUT2D eigenvalue weighted by Gasteiger charge is -2.22. The molecule has 0 aromatic heterocycles. The van der Waals surface area contributed by atoms with Gasteiger partial charge in [0.25, 0.3) is 0 Å². The van der Waals surface area contributed by atoms with Gasteiger partial charge in [-0.15, -0.1) is 0 Å². The summed E-state index contributed by atoms with van der Waals surface area (Å²) in [5.74, 6) is 0.589. The largest absolute Gasteiger partial charge is 0.352 e. The van der Waals surface area contributed by atoms with Crippen LogP contribution in [0.3, 0.4) is 0 Å². The first-order chi connectivity index (χ1) is 12.6. The molecule has 6 heteroatoms. The quantitative estimate of drug-likeness (QED) is 0.580. The number of aliphatic imine (C=N–C) groups is 1. The van der Waals surface area contributed by atoms with Gasteiger partial charge in [-0.3, -0.25) is 9.79 Å². The normalized spacial score (nSPS) is 11.1. The predicted molar refractivity (Wildman–Crippen MR) is 107 cm³/mol. The lowest BCUT2D eigenvalue weighted by molar-refractivity contribution is -0.130. The highest BCUT2D eigenvalue weighted by Crippen LogP contribution is 2.14. The van der Waals surface area contributed by atoms with Crippen LogP contribution in [0.15, 0.2) is 59.6 Å². The summed E-state index contributed by atoms with van der Waals surface area (Å²) in [5.41, 5.74) is 2.09. The Bertz CT molecular complexity index is 734. The third-order valence-corrected chi connectivity index (χ3v) is 4.35. The number of guanidine groups is 1. The minimum Gasteiger partial charge on any atom is -0.352 e. The number of carbonyl (C=O) groups is 1. The van der Waals surface area contributed by atoms with Crippen molar-refractivity contribution in [1.82, 2.24) is 15.5 Å². The third-order valence-electron chi connectivity index (χ3n) is 3.99. The van der Waals surface area contributed by atoms with Crippen LogP contribution in [0.1, 0.15) is 18.1 Å². The van der Waals surface area contributed by atoms with Gasteiger partial charge in [-0.1, -0.05) is 60.1 Å². The zero-order valence-corrected chi connectivity index (χ0v) is 16.0. The average Bonchev–Trinajstić information content (AvgIpc) is 2.68. The number of nitrogens with zero attached hydrogens (tertiary/aromatic N) is 2. The van der Waals surface area contributed by atoms with E-state index in [-0.39, 0.29) is 12.5 Å². The van der Waals surface area contributed by atoms with E-state index in [0.717, 1.165) is 11.1 Å². The molecule has 1 amide bonds. The van der Waals surface area contributed by atoms with Gasteiger partial charge in [0.2, 0.25) is 5.91 Å². The number of hydrogen-bond donors (Lipinski definition) is 2. The fourth-order valence-electron chi connectivity index (χ4n) is 2.49. The number of halogens is 1. The molecule has 0 saturated carbocycles. The molecule has 138 valence electrons. The van der Waals surface area contributed by atoms with E-state index in [4.69, 9.17) is 11.6 Å². The van der Waals surface area contributed by atoms with Gasteiger partial charge in [0.15, 0.2) is 5.96 Å². The van der Waals surface area contributed by atoms with Gasteiger partial charge in [0, 0.05) is 31.7 Å². The van der Waals surface area contributed by atoms with E-state index < -0.39 is 0 Å². The van der Waals surface area contributed by atoms with Gasteiger partial charge in [-0.05, 0) is 24.1 Å². The van der Waals surface area contributed by atoms with Gasteiger partial charge in [0.1, 0.15) is 0 Å². The Morgan fingerprint density at radius 1 is 1.08 bits per heavy atom. The molecule has 26 heavy (non-hydrogen) atoms. The maximum absolute atomic E-state index is 12.5. The Balaban J connectivity index is 1.84. The zero-order valence-electron chi connectivity index (χ0n) is 15.2. The SMILES string of the molecule is CCN(Cc1ccccc1)C(=O)CNC(=NC)NCc1ccccc1Cl. The molecule has 2 N–H and O–H groups in total. The van der Waals surface area contributed by atoms with Crippen LogP contribution in [-0.4, -0.2) is 36.9 Å². The monoisotopic (exact) mass is 372 g/mol. The fourth-order valence-corrected chi connectivity index (χ4v) is 2.70. The molecule has 0 bridgehead atoms. The molecule has 0 heterocycles. The van der Waals surface area contributed by atoms with Crippen molar-refractivity contribution in [1.29, 1.82) is 0 Å². The molecule has 0 unspecified atom stereocenters. The van der Waals surface area contributed by atoms with Gasteiger partial charge in [0.05, 0.1) is 6.54 Å². The summed E-state index contributed by atoms with van der Waals surface area (Å²) in [6, 6.07) is 17.6. The van der Waals surface area contributed by atoms with E-state index in [1.165, 1.54) is 0 Å². The number of amides is 1. The van der Waals surface area contributed by atoms with E-state index in [1.807, 2.05) is 66.4 Å². The minimum absolute atomic E-state index is 0.0250. The summed E-state index contributed by atoms with van der Waals surface area (Å²) in [6.07, 6.45) is 0. The molecule has 2 rings (SSSR count). The average molecular weight is 373 g/mol. The van der Waals surface area contributed by atoms with E-state index in [1.54, 1.807) is 7.05 Å². The van der Waals surface area contributed by atoms with Gasteiger partial charge in [-0.25, -0.2) is 0 Å². The van der Waals surface area contributed by atoms with Crippen molar-refractivity contribution in [3.8, 4) is 0 Å². The summed E-state index contributed by atoms with van der Waals surface area (Å²) < 4.78 is 0. The van der Waals surface area contributed by atoms with E-state index in [9.17, 15) is 4.79 Å². The predicted octanol–water partition coefficient (Wildman–Crippen LogP) is 3.05. The molecule has 5 nitrogen and oxygen atoms in total. The van der Waals surface area contributed by atoms with Crippen LogP contribution in [0.5, 0.6) is 0 Å². The Labute approximate surface area is 160 Å². The Morgan fingerprint density at radius 2 is 1.77 bits per heavy atom. The summed E-state index contributed by atoms with van der Waals surface area (Å²) in [5, 5.41) is 6.94. The van der Waals surface area contributed by atoms with Crippen molar-refractivity contribution in [2.45, 2.75) is 20.0 Å². The number of carbonyl (C=O) groups excluding carboxylic acids is 1. The fraction of sp³-hybridized carbons (Fsp3) is 0.300. The number of likely N-dealkylation sites (N-methyl/N-ethyl adjacent to an activating group) is 1.